The van der Waals surface area contributed by atoms with Crippen molar-refractivity contribution in [3.63, 3.8) is 0 Å². The van der Waals surface area contributed by atoms with Crippen LogP contribution < -0.4 is 11.2 Å². The second kappa shape index (κ2) is 6.29. The first-order chi connectivity index (χ1) is 13.4. The Hall–Kier alpha value is -2.44. The van der Waals surface area contributed by atoms with Crippen molar-refractivity contribution in [2.24, 2.45) is 5.73 Å². The Labute approximate surface area is 166 Å². The van der Waals surface area contributed by atoms with E-state index in [1.807, 2.05) is 17.6 Å². The molecule has 1 aromatic carbocycles. The molecule has 2 aliphatic rings. The van der Waals surface area contributed by atoms with E-state index >= 15 is 0 Å². The highest BCUT2D eigenvalue weighted by molar-refractivity contribution is 7.15. The van der Waals surface area contributed by atoms with E-state index < -0.39 is 11.4 Å². The van der Waals surface area contributed by atoms with Gasteiger partial charge < -0.3 is 15.4 Å². The number of pyridine rings is 1. The lowest BCUT2D eigenvalue weighted by molar-refractivity contribution is 0.0695. The normalized spacial score (nSPS) is 19.0. The van der Waals surface area contributed by atoms with Gasteiger partial charge in [-0.15, -0.1) is 11.3 Å². The molecule has 1 unspecified atom stereocenters. The number of thiophene rings is 1. The zero-order valence-electron chi connectivity index (χ0n) is 15.7. The van der Waals surface area contributed by atoms with E-state index in [1.54, 1.807) is 11.3 Å². The molecule has 0 aliphatic heterocycles. The second-order valence-electron chi connectivity index (χ2n) is 7.99. The molecule has 5 nitrogen and oxygen atoms in total. The molecule has 3 N–H and O–H groups in total. The summed E-state index contributed by atoms with van der Waals surface area (Å²) in [4.78, 5) is 26.9. The molecule has 0 bridgehead atoms. The maximum atomic E-state index is 12.8. The van der Waals surface area contributed by atoms with Gasteiger partial charge in [-0.25, -0.2) is 4.79 Å². The van der Waals surface area contributed by atoms with Gasteiger partial charge in [0.1, 0.15) is 5.56 Å². The number of aromatic carboxylic acids is 1. The smallest absolute Gasteiger partial charge is 0.341 e. The standard InChI is InChI=1S/C22H22N2O3S/c1-11-7-15-18(24(12-5-6-12)10-16(21(15)25)22(26)27)8-13(11)20-9-14-17(23)3-2-4-19(14)28-20/h7-10,12,17H,2-6,23H2,1H3,(H,26,27). The first kappa shape index (κ1) is 17.6. The van der Waals surface area contributed by atoms with Crippen molar-refractivity contribution in [2.75, 3.05) is 0 Å². The van der Waals surface area contributed by atoms with Gasteiger partial charge in [-0.1, -0.05) is 0 Å². The minimum atomic E-state index is -1.16. The largest absolute Gasteiger partial charge is 0.477 e. The molecule has 2 heterocycles. The van der Waals surface area contributed by atoms with Crippen molar-refractivity contribution >= 4 is 28.2 Å². The molecular weight excluding hydrogens is 372 g/mol. The zero-order chi connectivity index (χ0) is 19.6. The Morgan fingerprint density at radius 2 is 2.04 bits per heavy atom. The summed E-state index contributed by atoms with van der Waals surface area (Å²) < 4.78 is 1.99. The summed E-state index contributed by atoms with van der Waals surface area (Å²) in [6.45, 7) is 1.99. The van der Waals surface area contributed by atoms with Gasteiger partial charge >= 0.3 is 5.97 Å². The van der Waals surface area contributed by atoms with Crippen LogP contribution in [0.5, 0.6) is 0 Å². The fourth-order valence-electron chi connectivity index (χ4n) is 4.30. The molecule has 2 aromatic heterocycles. The maximum Gasteiger partial charge on any atom is 0.341 e. The Morgan fingerprint density at radius 1 is 1.25 bits per heavy atom. The molecule has 0 amide bonds. The number of hydrogen-bond acceptors (Lipinski definition) is 4. The summed E-state index contributed by atoms with van der Waals surface area (Å²) in [7, 11) is 0. The molecule has 0 spiro atoms. The number of nitrogens with zero attached hydrogens (tertiary/aromatic N) is 1. The van der Waals surface area contributed by atoms with Crippen LogP contribution in [-0.2, 0) is 6.42 Å². The predicted molar refractivity (Wildman–Crippen MR) is 111 cm³/mol. The van der Waals surface area contributed by atoms with Crippen molar-refractivity contribution in [2.45, 2.75) is 51.1 Å². The van der Waals surface area contributed by atoms with Gasteiger partial charge in [-0.05, 0) is 73.9 Å². The second-order valence-corrected chi connectivity index (χ2v) is 9.12. The molecular formula is C22H22N2O3S. The lowest BCUT2D eigenvalue weighted by atomic mass is 9.93. The van der Waals surface area contributed by atoms with Gasteiger partial charge in [0.25, 0.3) is 0 Å². The van der Waals surface area contributed by atoms with Gasteiger partial charge in [-0.2, -0.15) is 0 Å². The van der Waals surface area contributed by atoms with Gasteiger partial charge in [-0.3, -0.25) is 4.79 Å². The van der Waals surface area contributed by atoms with Crippen molar-refractivity contribution in [1.82, 2.24) is 4.57 Å². The number of hydrogen-bond donors (Lipinski definition) is 2. The van der Waals surface area contributed by atoms with E-state index in [4.69, 9.17) is 5.73 Å². The molecule has 0 saturated heterocycles. The number of benzene rings is 1. The third kappa shape index (κ3) is 2.71. The molecule has 2 aliphatic carbocycles. The van der Waals surface area contributed by atoms with Crippen molar-refractivity contribution in [1.29, 1.82) is 0 Å². The van der Waals surface area contributed by atoms with E-state index in [0.717, 1.165) is 48.7 Å². The Balaban J connectivity index is 1.75. The summed E-state index contributed by atoms with van der Waals surface area (Å²) >= 11 is 1.80. The predicted octanol–water partition coefficient (Wildman–Crippen LogP) is 4.41. The van der Waals surface area contributed by atoms with E-state index in [1.165, 1.54) is 21.5 Å². The van der Waals surface area contributed by atoms with E-state index in [9.17, 15) is 14.7 Å². The first-order valence-electron chi connectivity index (χ1n) is 9.75. The Kier molecular flexibility index (Phi) is 3.96. The number of fused-ring (bicyclic) bond motifs is 2. The SMILES string of the molecule is Cc1cc2c(=O)c(C(=O)O)cn(C3CC3)c2cc1-c1cc2c(s1)CCCC2N. The van der Waals surface area contributed by atoms with Crippen LogP contribution in [0, 0.1) is 6.92 Å². The van der Waals surface area contributed by atoms with Gasteiger partial charge in [0.2, 0.25) is 5.43 Å². The highest BCUT2D eigenvalue weighted by Gasteiger charge is 2.28. The average Bonchev–Trinajstić information content (AvgIpc) is 3.40. The molecule has 6 heteroatoms. The molecule has 144 valence electrons. The van der Waals surface area contributed by atoms with Crippen LogP contribution in [0.4, 0.5) is 0 Å². The summed E-state index contributed by atoms with van der Waals surface area (Å²) in [5, 5.41) is 9.94. The number of carboxylic acid groups (broad SMARTS) is 1. The quantitative estimate of drug-likeness (QED) is 0.689. The molecule has 5 rings (SSSR count). The van der Waals surface area contributed by atoms with E-state index in [2.05, 4.69) is 12.1 Å². The fraction of sp³-hybridized carbons (Fsp3) is 0.364. The Morgan fingerprint density at radius 3 is 2.71 bits per heavy atom. The first-order valence-corrected chi connectivity index (χ1v) is 10.6. The summed E-state index contributed by atoms with van der Waals surface area (Å²) in [5.41, 5.74) is 9.94. The third-order valence-electron chi connectivity index (χ3n) is 5.97. The van der Waals surface area contributed by atoms with Gasteiger partial charge in [0, 0.05) is 33.4 Å². The van der Waals surface area contributed by atoms with Gasteiger partial charge in [0.15, 0.2) is 0 Å². The number of carboxylic acids is 1. The molecule has 1 fully saturated rings. The van der Waals surface area contributed by atoms with Crippen LogP contribution in [0.2, 0.25) is 0 Å². The lowest BCUT2D eigenvalue weighted by Crippen LogP contribution is -2.18. The summed E-state index contributed by atoms with van der Waals surface area (Å²) in [5.74, 6) is -1.16. The van der Waals surface area contributed by atoms with E-state index in [0.29, 0.717) is 5.39 Å². The Bertz CT molecular complexity index is 1190. The third-order valence-corrected chi connectivity index (χ3v) is 7.22. The molecule has 1 saturated carbocycles. The molecule has 1 atom stereocenters. The highest BCUT2D eigenvalue weighted by atomic mass is 32.1. The van der Waals surface area contributed by atoms with Crippen LogP contribution in [-0.4, -0.2) is 15.6 Å². The summed E-state index contributed by atoms with van der Waals surface area (Å²) in [6, 6.07) is 6.53. The van der Waals surface area contributed by atoms with Gasteiger partial charge in [0.05, 0.1) is 5.52 Å². The number of rotatable bonds is 3. The average molecular weight is 394 g/mol. The minimum absolute atomic E-state index is 0.109. The minimum Gasteiger partial charge on any atom is -0.477 e. The number of nitrogens with two attached hydrogens (primary N) is 1. The van der Waals surface area contributed by atoms with Crippen LogP contribution >= 0.6 is 11.3 Å². The van der Waals surface area contributed by atoms with Crippen LogP contribution in [0.3, 0.4) is 0 Å². The lowest BCUT2D eigenvalue weighted by Gasteiger charge is -2.17. The molecule has 3 aromatic rings. The number of carbonyl (C=O) groups is 1. The van der Waals surface area contributed by atoms with Crippen LogP contribution in [0.25, 0.3) is 21.3 Å². The molecule has 28 heavy (non-hydrogen) atoms. The monoisotopic (exact) mass is 394 g/mol. The van der Waals surface area contributed by atoms with Crippen LogP contribution in [0.15, 0.2) is 29.2 Å². The maximum absolute atomic E-state index is 12.8. The van der Waals surface area contributed by atoms with Crippen molar-refractivity contribution in [3.8, 4) is 10.4 Å². The van der Waals surface area contributed by atoms with E-state index in [-0.39, 0.29) is 17.6 Å². The highest BCUT2D eigenvalue weighted by Crippen LogP contribution is 2.42. The molecule has 0 radical (unpaired) electrons. The zero-order valence-corrected chi connectivity index (χ0v) is 16.5. The van der Waals surface area contributed by atoms with Crippen molar-refractivity contribution in [3.05, 3.63) is 56.2 Å². The number of aromatic nitrogens is 1. The van der Waals surface area contributed by atoms with Crippen LogP contribution in [0.1, 0.15) is 64.1 Å². The fourth-order valence-corrected chi connectivity index (χ4v) is 5.66. The topological polar surface area (TPSA) is 85.3 Å². The summed E-state index contributed by atoms with van der Waals surface area (Å²) in [6.07, 6.45) is 6.79. The van der Waals surface area contributed by atoms with Crippen molar-refractivity contribution < 1.29 is 9.90 Å². The number of aryl methyl sites for hydroxylation is 2.